The van der Waals surface area contributed by atoms with Gasteiger partial charge in [0.05, 0.1) is 17.3 Å². The normalized spacial score (nSPS) is 11.9. The van der Waals surface area contributed by atoms with Crippen molar-refractivity contribution in [1.82, 2.24) is 14.9 Å². The van der Waals surface area contributed by atoms with Crippen LogP contribution in [-0.2, 0) is 19.6 Å². The quantitative estimate of drug-likeness (QED) is 0.123. The number of hydrogen-bond acceptors (Lipinski definition) is 12. The summed E-state index contributed by atoms with van der Waals surface area (Å²) >= 11 is 0.550. The van der Waals surface area contributed by atoms with Crippen LogP contribution in [0.1, 0.15) is 22.7 Å². The van der Waals surface area contributed by atoms with E-state index in [1.807, 2.05) is 17.1 Å². The molecular weight excluding hydrogens is 522 g/mol. The Morgan fingerprint density at radius 2 is 1.49 bits per heavy atom. The SMILES string of the molecule is N#Cc1ccc(N(C(c2ccc(OSOON)cc2)c2ccc(OS(N)(=O)=O)cc2)n2cnnc2)cc1. The van der Waals surface area contributed by atoms with Gasteiger partial charge in [-0.3, -0.25) is 5.01 Å². The molecule has 0 saturated heterocycles. The number of anilines is 1. The highest BCUT2D eigenvalue weighted by atomic mass is 32.2. The summed E-state index contributed by atoms with van der Waals surface area (Å²) in [6.07, 6.45) is 3.06. The molecule has 1 heterocycles. The third kappa shape index (κ3) is 6.74. The molecule has 0 amide bonds. The molecule has 13 nitrogen and oxygen atoms in total. The van der Waals surface area contributed by atoms with Crippen LogP contribution < -0.4 is 24.4 Å². The molecule has 4 rings (SSSR count). The maximum Gasteiger partial charge on any atom is 0.380 e. The van der Waals surface area contributed by atoms with Crippen LogP contribution in [0.25, 0.3) is 0 Å². The second-order valence-electron chi connectivity index (χ2n) is 7.28. The highest BCUT2D eigenvalue weighted by Gasteiger charge is 2.25. The van der Waals surface area contributed by atoms with Crippen molar-refractivity contribution >= 4 is 28.3 Å². The second kappa shape index (κ2) is 11.7. The minimum absolute atomic E-state index is 0.0575. The largest absolute Gasteiger partial charge is 0.399 e. The van der Waals surface area contributed by atoms with Crippen LogP contribution in [-0.4, -0.2) is 23.3 Å². The van der Waals surface area contributed by atoms with Crippen LogP contribution in [0.15, 0.2) is 85.5 Å². The molecule has 0 spiro atoms. The van der Waals surface area contributed by atoms with Gasteiger partial charge >= 0.3 is 10.3 Å². The predicted molar refractivity (Wildman–Crippen MR) is 132 cm³/mol. The Morgan fingerprint density at radius 3 is 2.00 bits per heavy atom. The molecule has 190 valence electrons. The van der Waals surface area contributed by atoms with Crippen LogP contribution in [0.5, 0.6) is 11.5 Å². The van der Waals surface area contributed by atoms with E-state index < -0.39 is 16.3 Å². The zero-order valence-electron chi connectivity index (χ0n) is 18.8. The monoisotopic (exact) mass is 541 g/mol. The molecule has 0 fully saturated rings. The average molecular weight is 542 g/mol. The van der Waals surface area contributed by atoms with E-state index in [0.29, 0.717) is 23.6 Å². The summed E-state index contributed by atoms with van der Waals surface area (Å²) < 4.78 is 38.9. The molecule has 0 bridgehead atoms. The van der Waals surface area contributed by atoms with Crippen LogP contribution in [0.4, 0.5) is 5.69 Å². The third-order valence-corrected chi connectivity index (χ3v) is 5.78. The molecule has 4 N–H and O–H groups in total. The van der Waals surface area contributed by atoms with Crippen molar-refractivity contribution in [1.29, 1.82) is 5.26 Å². The van der Waals surface area contributed by atoms with Crippen molar-refractivity contribution in [2.24, 2.45) is 11.0 Å². The summed E-state index contributed by atoms with van der Waals surface area (Å²) in [5.74, 6) is 5.34. The first-order valence-electron chi connectivity index (χ1n) is 10.3. The summed E-state index contributed by atoms with van der Waals surface area (Å²) in [5, 5.41) is 24.0. The molecule has 37 heavy (non-hydrogen) atoms. The molecule has 1 atom stereocenters. The zero-order chi connectivity index (χ0) is 26.3. The maximum atomic E-state index is 11.3. The molecule has 4 aromatic rings. The highest BCUT2D eigenvalue weighted by Crippen LogP contribution is 2.35. The molecule has 0 aliphatic carbocycles. The Balaban J connectivity index is 1.79. The van der Waals surface area contributed by atoms with Gasteiger partial charge in [0.1, 0.15) is 30.2 Å². The molecule has 0 radical (unpaired) electrons. The first kappa shape index (κ1) is 25.9. The minimum atomic E-state index is -4.18. The van der Waals surface area contributed by atoms with Gasteiger partial charge in [-0.25, -0.2) is 4.68 Å². The van der Waals surface area contributed by atoms with Crippen molar-refractivity contribution in [3.63, 3.8) is 0 Å². The van der Waals surface area contributed by atoms with Gasteiger partial charge in [0.15, 0.2) is 0 Å². The van der Waals surface area contributed by atoms with E-state index >= 15 is 0 Å². The van der Waals surface area contributed by atoms with Gasteiger partial charge < -0.3 is 8.37 Å². The number of nitrogens with two attached hydrogens (primary N) is 2. The van der Waals surface area contributed by atoms with Crippen LogP contribution in [0.2, 0.25) is 0 Å². The standard InChI is InChI=1S/C22H19N7O6S2/c23-13-16-1-7-19(8-2-16)29(28-14-26-27-15-28)22(17-3-9-20(10-4-17)32-36-35-34-24)18-5-11-21(12-6-18)33-37(25,30)31/h1-12,14-15,22H,24H2,(H2,25,30,31). The topological polar surface area (TPSA) is 181 Å². The first-order valence-corrected chi connectivity index (χ1v) is 12.4. The predicted octanol–water partition coefficient (Wildman–Crippen LogP) is 2.56. The molecule has 15 heteroatoms. The summed E-state index contributed by atoms with van der Waals surface area (Å²) in [5.41, 5.74) is 2.78. The van der Waals surface area contributed by atoms with E-state index in [-0.39, 0.29) is 5.75 Å². The van der Waals surface area contributed by atoms with E-state index in [1.54, 1.807) is 53.2 Å². The van der Waals surface area contributed by atoms with Gasteiger partial charge in [-0.05, 0) is 59.7 Å². The third-order valence-electron chi connectivity index (χ3n) is 4.96. The lowest BCUT2D eigenvalue weighted by molar-refractivity contribution is -0.199. The number of benzene rings is 3. The van der Waals surface area contributed by atoms with Crippen molar-refractivity contribution in [3.8, 4) is 17.6 Å². The summed E-state index contributed by atoms with van der Waals surface area (Å²) in [6.45, 7) is 0. The molecule has 1 unspecified atom stereocenters. The summed E-state index contributed by atoms with van der Waals surface area (Å²) in [6, 6.07) is 22.1. The smallest absolute Gasteiger partial charge is 0.380 e. The van der Waals surface area contributed by atoms with E-state index in [2.05, 4.69) is 25.6 Å². The number of hydrogen-bond donors (Lipinski definition) is 2. The van der Waals surface area contributed by atoms with Crippen LogP contribution >= 0.6 is 12.3 Å². The van der Waals surface area contributed by atoms with Crippen LogP contribution in [0, 0.1) is 11.3 Å². The number of nitrogens with zero attached hydrogens (tertiary/aromatic N) is 5. The fourth-order valence-corrected chi connectivity index (χ4v) is 4.13. The number of aromatic nitrogens is 3. The van der Waals surface area contributed by atoms with Crippen molar-refractivity contribution in [2.75, 3.05) is 5.01 Å². The Bertz CT molecular complexity index is 1440. The molecule has 0 aliphatic rings. The molecule has 0 saturated carbocycles. The average Bonchev–Trinajstić information content (AvgIpc) is 3.42. The highest BCUT2D eigenvalue weighted by molar-refractivity contribution is 7.90. The molecule has 1 aromatic heterocycles. The van der Waals surface area contributed by atoms with Gasteiger partial charge in [0, 0.05) is 0 Å². The minimum Gasteiger partial charge on any atom is -0.399 e. The van der Waals surface area contributed by atoms with E-state index in [0.717, 1.165) is 16.8 Å². The van der Waals surface area contributed by atoms with Gasteiger partial charge in [-0.1, -0.05) is 24.3 Å². The summed E-state index contributed by atoms with van der Waals surface area (Å²) in [4.78, 5) is 4.00. The van der Waals surface area contributed by atoms with Crippen molar-refractivity contribution < 1.29 is 26.1 Å². The lowest BCUT2D eigenvalue weighted by Crippen LogP contribution is -2.34. The Hall–Kier alpha value is -4.17. The first-order chi connectivity index (χ1) is 17.9. The summed E-state index contributed by atoms with van der Waals surface area (Å²) in [7, 11) is -4.18. The van der Waals surface area contributed by atoms with Gasteiger partial charge in [0.2, 0.25) is 0 Å². The Morgan fingerprint density at radius 1 is 0.919 bits per heavy atom. The number of nitriles is 1. The number of rotatable bonds is 11. The van der Waals surface area contributed by atoms with Crippen LogP contribution in [0.3, 0.4) is 0 Å². The fraction of sp³-hybridized carbons (Fsp3) is 0.0455. The zero-order valence-corrected chi connectivity index (χ0v) is 20.5. The van der Waals surface area contributed by atoms with E-state index in [4.69, 9.17) is 19.4 Å². The van der Waals surface area contributed by atoms with Gasteiger partial charge in [-0.15, -0.1) is 19.5 Å². The molecule has 3 aromatic carbocycles. The second-order valence-corrected chi connectivity index (χ2v) is 8.87. The lowest BCUT2D eigenvalue weighted by Gasteiger charge is -2.34. The lowest BCUT2D eigenvalue weighted by atomic mass is 9.97. The van der Waals surface area contributed by atoms with Gasteiger partial charge in [0.25, 0.3) is 12.3 Å². The maximum absolute atomic E-state index is 11.3. The Kier molecular flexibility index (Phi) is 8.20. The van der Waals surface area contributed by atoms with Gasteiger partial charge in [-0.2, -0.15) is 24.7 Å². The fourth-order valence-electron chi connectivity index (χ4n) is 3.50. The van der Waals surface area contributed by atoms with E-state index in [9.17, 15) is 13.7 Å². The molecule has 0 aliphatic heterocycles. The molecular formula is C22H19N7O6S2. The Labute approximate surface area is 216 Å². The van der Waals surface area contributed by atoms with Crippen molar-refractivity contribution in [2.45, 2.75) is 6.04 Å². The van der Waals surface area contributed by atoms with Crippen molar-refractivity contribution in [3.05, 3.63) is 102 Å². The van der Waals surface area contributed by atoms with E-state index in [1.165, 1.54) is 24.8 Å².